The van der Waals surface area contributed by atoms with Crippen LogP contribution in [0.5, 0.6) is 5.75 Å². The first-order valence-corrected chi connectivity index (χ1v) is 13.6. The smallest absolute Gasteiger partial charge is 0.336 e. The second-order valence-electron chi connectivity index (χ2n) is 8.60. The zero-order chi connectivity index (χ0) is 27.5. The van der Waals surface area contributed by atoms with E-state index in [1.807, 2.05) is 24.3 Å². The van der Waals surface area contributed by atoms with E-state index < -0.39 is 17.1 Å². The van der Waals surface area contributed by atoms with E-state index in [0.29, 0.717) is 21.6 Å². The number of carboxylic acid groups (broad SMARTS) is 1. The van der Waals surface area contributed by atoms with Crippen molar-refractivity contribution in [3.63, 3.8) is 0 Å². The maximum absolute atomic E-state index is 13.2. The summed E-state index contributed by atoms with van der Waals surface area (Å²) in [5.41, 5.74) is 1.64. The number of thioether (sulfide) groups is 1. The van der Waals surface area contributed by atoms with Crippen LogP contribution in [0.2, 0.25) is 0 Å². The van der Waals surface area contributed by atoms with E-state index in [-0.39, 0.29) is 17.0 Å². The highest BCUT2D eigenvalue weighted by atomic mass is 32.2. The number of thiazole rings is 1. The van der Waals surface area contributed by atoms with Crippen LogP contribution >= 0.6 is 23.1 Å². The molecule has 0 aliphatic carbocycles. The molecule has 3 N–H and O–H groups in total. The zero-order valence-electron chi connectivity index (χ0n) is 20.9. The molecule has 5 aromatic rings. The van der Waals surface area contributed by atoms with E-state index in [1.165, 1.54) is 29.2 Å². The fraction of sp³-hybridized carbons (Fsp3) is 0.103. The Bertz CT molecular complexity index is 1730. The molecule has 5 rings (SSSR count). The lowest BCUT2D eigenvalue weighted by atomic mass is 9.98. The van der Waals surface area contributed by atoms with Crippen LogP contribution < -0.4 is 15.4 Å². The summed E-state index contributed by atoms with van der Waals surface area (Å²) in [5, 5.41) is 16.5. The van der Waals surface area contributed by atoms with Crippen molar-refractivity contribution >= 4 is 72.7 Å². The van der Waals surface area contributed by atoms with Crippen molar-refractivity contribution in [2.75, 3.05) is 17.7 Å². The number of fused-ring (bicyclic) bond motifs is 2. The number of carbonyl (C=O) groups excluding carboxylic acids is 2. The minimum atomic E-state index is -1.10. The molecule has 10 heteroatoms. The van der Waals surface area contributed by atoms with Crippen molar-refractivity contribution in [1.29, 1.82) is 0 Å². The van der Waals surface area contributed by atoms with E-state index in [2.05, 4.69) is 15.6 Å². The third-order valence-electron chi connectivity index (χ3n) is 5.98. The molecular formula is C29H23N3O5S2. The van der Waals surface area contributed by atoms with E-state index in [0.717, 1.165) is 20.9 Å². The van der Waals surface area contributed by atoms with E-state index in [4.69, 9.17) is 4.74 Å². The van der Waals surface area contributed by atoms with Gasteiger partial charge >= 0.3 is 5.97 Å². The summed E-state index contributed by atoms with van der Waals surface area (Å²) in [7, 11) is 1.60. The molecule has 1 atom stereocenters. The number of hydrogen-bond donors (Lipinski definition) is 3. The van der Waals surface area contributed by atoms with Crippen molar-refractivity contribution in [1.82, 2.24) is 4.98 Å². The van der Waals surface area contributed by atoms with Crippen LogP contribution in [0.4, 0.5) is 10.8 Å². The summed E-state index contributed by atoms with van der Waals surface area (Å²) in [5.74, 6) is -0.994. The van der Waals surface area contributed by atoms with Gasteiger partial charge in [-0.3, -0.25) is 9.59 Å². The molecule has 0 aliphatic heterocycles. The van der Waals surface area contributed by atoms with Gasteiger partial charge in [-0.1, -0.05) is 41.7 Å². The topological polar surface area (TPSA) is 118 Å². The summed E-state index contributed by atoms with van der Waals surface area (Å²) in [6.45, 7) is 1.80. The summed E-state index contributed by atoms with van der Waals surface area (Å²) in [6, 6.07) is 22.7. The standard InChI is InChI=1S/C29H23N3O5S2/c1-16(26(33)32-29-31-23-13-12-19(37-2)15-24(23)39-29)38-20-9-5-8-18(14-20)30-27(34)21-10-3-6-17-7-4-11-22(25(17)21)28(35)36/h3-16H,1-2H3,(H,30,34)(H,35,36)(H,31,32,33). The number of amides is 2. The number of carboxylic acids is 1. The Morgan fingerprint density at radius 3 is 2.44 bits per heavy atom. The van der Waals surface area contributed by atoms with Gasteiger partial charge in [0.2, 0.25) is 5.91 Å². The minimum Gasteiger partial charge on any atom is -0.497 e. The van der Waals surface area contributed by atoms with Gasteiger partial charge in [0.05, 0.1) is 28.1 Å². The molecule has 8 nitrogen and oxygen atoms in total. The molecule has 1 heterocycles. The summed E-state index contributed by atoms with van der Waals surface area (Å²) < 4.78 is 6.16. The van der Waals surface area contributed by atoms with Crippen LogP contribution in [0.3, 0.4) is 0 Å². The largest absolute Gasteiger partial charge is 0.497 e. The van der Waals surface area contributed by atoms with Crippen LogP contribution in [-0.2, 0) is 4.79 Å². The average molecular weight is 558 g/mol. The number of rotatable bonds is 8. The van der Waals surface area contributed by atoms with Crippen molar-refractivity contribution < 1.29 is 24.2 Å². The minimum absolute atomic E-state index is 0.0645. The Morgan fingerprint density at radius 1 is 0.949 bits per heavy atom. The van der Waals surface area contributed by atoms with Gasteiger partial charge in [0.15, 0.2) is 5.13 Å². The third-order valence-corrected chi connectivity index (χ3v) is 8.01. The Balaban J connectivity index is 1.28. The first-order valence-electron chi connectivity index (χ1n) is 11.9. The molecule has 1 aromatic heterocycles. The van der Waals surface area contributed by atoms with Crippen LogP contribution in [0.1, 0.15) is 27.6 Å². The van der Waals surface area contributed by atoms with Crippen LogP contribution in [0.15, 0.2) is 83.8 Å². The maximum Gasteiger partial charge on any atom is 0.336 e. The Morgan fingerprint density at radius 2 is 1.69 bits per heavy atom. The number of anilines is 2. The van der Waals surface area contributed by atoms with Crippen molar-refractivity contribution in [3.8, 4) is 5.75 Å². The van der Waals surface area contributed by atoms with Gasteiger partial charge < -0.3 is 20.5 Å². The number of nitrogens with one attached hydrogen (secondary N) is 2. The average Bonchev–Trinajstić information content (AvgIpc) is 3.33. The monoisotopic (exact) mass is 557 g/mol. The molecule has 39 heavy (non-hydrogen) atoms. The number of benzene rings is 4. The molecule has 0 spiro atoms. The first-order chi connectivity index (χ1) is 18.8. The lowest BCUT2D eigenvalue weighted by Gasteiger charge is -2.13. The molecule has 0 saturated heterocycles. The van der Waals surface area contributed by atoms with Gasteiger partial charge in [-0.05, 0) is 60.8 Å². The number of carbonyl (C=O) groups is 3. The number of nitrogens with zero attached hydrogens (tertiary/aromatic N) is 1. The normalized spacial score (nSPS) is 11.7. The summed E-state index contributed by atoms with van der Waals surface area (Å²) in [6.07, 6.45) is 0. The van der Waals surface area contributed by atoms with Crippen molar-refractivity contribution in [2.24, 2.45) is 0 Å². The predicted molar refractivity (Wildman–Crippen MR) is 155 cm³/mol. The fourth-order valence-corrected chi connectivity index (χ4v) is 5.93. The van der Waals surface area contributed by atoms with Crippen molar-refractivity contribution in [3.05, 3.63) is 90.0 Å². The Kier molecular flexibility index (Phi) is 7.49. The lowest BCUT2D eigenvalue weighted by molar-refractivity contribution is -0.115. The van der Waals surface area contributed by atoms with E-state index >= 15 is 0 Å². The molecule has 0 fully saturated rings. The molecule has 1 unspecified atom stereocenters. The SMILES string of the molecule is COc1ccc2nc(NC(=O)C(C)Sc3cccc(NC(=O)c4cccc5cccc(C(=O)O)c45)c3)sc2c1. The van der Waals surface area contributed by atoms with Gasteiger partial charge in [-0.25, -0.2) is 9.78 Å². The highest BCUT2D eigenvalue weighted by Crippen LogP contribution is 2.31. The Hall–Kier alpha value is -4.41. The van der Waals surface area contributed by atoms with Gasteiger partial charge in [0, 0.05) is 21.5 Å². The number of aromatic carboxylic acids is 1. The molecule has 196 valence electrons. The molecule has 0 saturated carbocycles. The highest BCUT2D eigenvalue weighted by Gasteiger charge is 2.19. The lowest BCUT2D eigenvalue weighted by Crippen LogP contribution is -2.22. The molecule has 2 amide bonds. The zero-order valence-corrected chi connectivity index (χ0v) is 22.6. The second-order valence-corrected chi connectivity index (χ2v) is 11.0. The third kappa shape index (κ3) is 5.71. The van der Waals surface area contributed by atoms with Gasteiger partial charge in [0.25, 0.3) is 5.91 Å². The number of hydrogen-bond acceptors (Lipinski definition) is 7. The van der Waals surface area contributed by atoms with E-state index in [9.17, 15) is 19.5 Å². The maximum atomic E-state index is 13.2. The number of methoxy groups -OCH3 is 1. The van der Waals surface area contributed by atoms with E-state index in [1.54, 1.807) is 62.6 Å². The highest BCUT2D eigenvalue weighted by molar-refractivity contribution is 8.00. The van der Waals surface area contributed by atoms with Crippen LogP contribution in [0.25, 0.3) is 21.0 Å². The quantitative estimate of drug-likeness (QED) is 0.186. The first kappa shape index (κ1) is 26.2. The van der Waals surface area contributed by atoms with Crippen LogP contribution in [0, 0.1) is 0 Å². The van der Waals surface area contributed by atoms with Gasteiger partial charge in [-0.2, -0.15) is 0 Å². The molecule has 0 radical (unpaired) electrons. The summed E-state index contributed by atoms with van der Waals surface area (Å²) >= 11 is 2.72. The second kappa shape index (κ2) is 11.1. The fourth-order valence-electron chi connectivity index (χ4n) is 4.10. The summed E-state index contributed by atoms with van der Waals surface area (Å²) in [4.78, 5) is 43.1. The molecule has 0 aliphatic rings. The number of ether oxygens (including phenoxy) is 1. The molecular weight excluding hydrogens is 534 g/mol. The molecule has 4 aromatic carbocycles. The van der Waals surface area contributed by atoms with Crippen LogP contribution in [-0.4, -0.2) is 40.2 Å². The Labute approximate surface area is 232 Å². The van der Waals surface area contributed by atoms with Gasteiger partial charge in [-0.15, -0.1) is 11.8 Å². The number of aromatic nitrogens is 1. The molecule has 0 bridgehead atoms. The predicted octanol–water partition coefficient (Wildman–Crippen LogP) is 6.53. The van der Waals surface area contributed by atoms with Crippen molar-refractivity contribution in [2.45, 2.75) is 17.1 Å². The van der Waals surface area contributed by atoms with Gasteiger partial charge in [0.1, 0.15) is 5.75 Å².